The molecule has 5 N–H and O–H groups in total. The zero-order valence-electron chi connectivity index (χ0n) is 25.3. The summed E-state index contributed by atoms with van der Waals surface area (Å²) < 4.78 is 21.8. The highest BCUT2D eigenvalue weighted by Crippen LogP contribution is 2.46. The molecule has 1 aromatic carbocycles. The second-order valence-corrected chi connectivity index (χ2v) is 12.4. The molecule has 3 aromatic rings. The standard InChI is InChI=1S/C32H36FN5O6/c1-6-32(43)19-9-23-27-17(11-38(23)30(41)18(19)12-44-31(32)42)25-21(37-28(39)15(5)35-29(40)26(34)13(2)3)8-7-16-14(4)20(33)10-22(36-27)24(16)25/h9-10,13,15,21,26,43H,6-8,11-12,34H2,1-5H3,(H,35,40)(H,37,39). The molecule has 4 heterocycles. The first-order chi connectivity index (χ1) is 20.8. The van der Waals surface area contributed by atoms with E-state index in [9.17, 15) is 24.3 Å². The van der Waals surface area contributed by atoms with E-state index in [1.54, 1.807) is 26.8 Å². The molecule has 44 heavy (non-hydrogen) atoms. The van der Waals surface area contributed by atoms with Gasteiger partial charge in [0.1, 0.15) is 18.5 Å². The SMILES string of the molecule is CCC1(O)C(=O)OCc2c1cc1n(c2=O)Cc2c-1nc1cc(F)c(C)c3c1c2C(NC(=O)C(C)NC(=O)C(N)C(C)C)CC3. The van der Waals surface area contributed by atoms with Gasteiger partial charge in [-0.15, -0.1) is 0 Å². The van der Waals surface area contributed by atoms with Crippen LogP contribution in [0.15, 0.2) is 16.9 Å². The molecule has 232 valence electrons. The molecule has 0 radical (unpaired) electrons. The Balaban J connectivity index is 1.48. The van der Waals surface area contributed by atoms with E-state index in [0.717, 1.165) is 16.5 Å². The van der Waals surface area contributed by atoms with Crippen molar-refractivity contribution in [2.45, 2.75) is 90.8 Å². The third-order valence-corrected chi connectivity index (χ3v) is 9.47. The highest BCUT2D eigenvalue weighted by Gasteiger charge is 2.46. The van der Waals surface area contributed by atoms with Gasteiger partial charge in [0.2, 0.25) is 11.8 Å². The van der Waals surface area contributed by atoms with Crippen LogP contribution in [0.3, 0.4) is 0 Å². The van der Waals surface area contributed by atoms with Gasteiger partial charge in [0.15, 0.2) is 5.60 Å². The Kier molecular flexibility index (Phi) is 7.12. The highest BCUT2D eigenvalue weighted by molar-refractivity contribution is 5.95. The molecular weight excluding hydrogens is 569 g/mol. The van der Waals surface area contributed by atoms with Gasteiger partial charge in [0.05, 0.1) is 41.1 Å². The summed E-state index contributed by atoms with van der Waals surface area (Å²) in [5, 5.41) is 17.7. The van der Waals surface area contributed by atoms with Crippen LogP contribution < -0.4 is 21.9 Å². The Morgan fingerprint density at radius 1 is 1.20 bits per heavy atom. The molecule has 6 rings (SSSR count). The number of pyridine rings is 2. The molecule has 4 atom stereocenters. The van der Waals surface area contributed by atoms with Crippen molar-refractivity contribution >= 4 is 28.7 Å². The predicted octanol–water partition coefficient (Wildman–Crippen LogP) is 2.12. The minimum absolute atomic E-state index is 0.00370. The van der Waals surface area contributed by atoms with Gasteiger partial charge in [0.25, 0.3) is 5.56 Å². The number of carbonyl (C=O) groups is 3. The first-order valence-corrected chi connectivity index (χ1v) is 15.0. The van der Waals surface area contributed by atoms with Crippen molar-refractivity contribution in [2.24, 2.45) is 11.7 Å². The van der Waals surface area contributed by atoms with Crippen LogP contribution in [-0.2, 0) is 44.3 Å². The van der Waals surface area contributed by atoms with Crippen LogP contribution in [0, 0.1) is 18.7 Å². The number of ether oxygens (including phenoxy) is 1. The van der Waals surface area contributed by atoms with E-state index in [4.69, 9.17) is 15.5 Å². The van der Waals surface area contributed by atoms with Gasteiger partial charge >= 0.3 is 5.97 Å². The van der Waals surface area contributed by atoms with E-state index in [2.05, 4.69) is 10.6 Å². The highest BCUT2D eigenvalue weighted by atomic mass is 19.1. The molecule has 2 aromatic heterocycles. The summed E-state index contributed by atoms with van der Waals surface area (Å²) in [4.78, 5) is 57.1. The average Bonchev–Trinajstić information content (AvgIpc) is 3.36. The summed E-state index contributed by atoms with van der Waals surface area (Å²) in [6, 6.07) is 0.813. The number of aryl methyl sites for hydroxylation is 1. The Bertz CT molecular complexity index is 1830. The minimum Gasteiger partial charge on any atom is -0.458 e. The molecule has 0 saturated carbocycles. The molecule has 0 spiro atoms. The summed E-state index contributed by atoms with van der Waals surface area (Å²) in [5.74, 6) is -2.17. The van der Waals surface area contributed by atoms with Crippen molar-refractivity contribution in [3.8, 4) is 11.4 Å². The fraction of sp³-hybridized carbons (Fsp3) is 0.469. The number of hydrogen-bond donors (Lipinski definition) is 4. The molecule has 4 unspecified atom stereocenters. The van der Waals surface area contributed by atoms with Gasteiger partial charge in [-0.3, -0.25) is 14.4 Å². The van der Waals surface area contributed by atoms with Crippen LogP contribution in [0.1, 0.15) is 80.0 Å². The zero-order valence-corrected chi connectivity index (χ0v) is 25.3. The number of cyclic esters (lactones) is 1. The number of fused-ring (bicyclic) bond motifs is 5. The molecule has 0 bridgehead atoms. The van der Waals surface area contributed by atoms with Gasteiger partial charge in [0, 0.05) is 22.6 Å². The Labute approximate surface area is 253 Å². The monoisotopic (exact) mass is 605 g/mol. The molecule has 2 aliphatic heterocycles. The van der Waals surface area contributed by atoms with Crippen LogP contribution in [0.5, 0.6) is 0 Å². The Morgan fingerprint density at radius 3 is 2.61 bits per heavy atom. The van der Waals surface area contributed by atoms with E-state index in [1.165, 1.54) is 10.6 Å². The largest absolute Gasteiger partial charge is 0.458 e. The third-order valence-electron chi connectivity index (χ3n) is 9.47. The second kappa shape index (κ2) is 10.5. The maximum atomic E-state index is 15.1. The van der Waals surface area contributed by atoms with Gasteiger partial charge in [-0.1, -0.05) is 20.8 Å². The molecule has 12 heteroatoms. The lowest BCUT2D eigenvalue weighted by Crippen LogP contribution is -2.52. The fourth-order valence-corrected chi connectivity index (χ4v) is 6.67. The number of rotatable bonds is 6. The van der Waals surface area contributed by atoms with Crippen molar-refractivity contribution in [2.75, 3.05) is 0 Å². The number of nitrogens with zero attached hydrogens (tertiary/aromatic N) is 2. The molecule has 0 fully saturated rings. The van der Waals surface area contributed by atoms with Crippen molar-refractivity contribution in [1.82, 2.24) is 20.2 Å². The molecule has 11 nitrogen and oxygen atoms in total. The van der Waals surface area contributed by atoms with Crippen molar-refractivity contribution in [3.05, 3.63) is 61.7 Å². The summed E-state index contributed by atoms with van der Waals surface area (Å²) in [5.41, 5.74) is 7.86. The first-order valence-electron chi connectivity index (χ1n) is 15.0. The number of nitrogens with one attached hydrogen (secondary N) is 2. The Morgan fingerprint density at radius 2 is 1.93 bits per heavy atom. The summed E-state index contributed by atoms with van der Waals surface area (Å²) in [7, 11) is 0. The number of hydrogen-bond acceptors (Lipinski definition) is 8. The Hall–Kier alpha value is -4.16. The maximum Gasteiger partial charge on any atom is 0.343 e. The van der Waals surface area contributed by atoms with Gasteiger partial charge in [-0.25, -0.2) is 14.2 Å². The summed E-state index contributed by atoms with van der Waals surface area (Å²) >= 11 is 0. The number of esters is 1. The number of aromatic nitrogens is 2. The quantitative estimate of drug-likeness (QED) is 0.243. The van der Waals surface area contributed by atoms with Crippen LogP contribution in [0.4, 0.5) is 4.39 Å². The molecule has 1 aliphatic carbocycles. The van der Waals surface area contributed by atoms with E-state index in [0.29, 0.717) is 40.9 Å². The first kappa shape index (κ1) is 29.9. The van der Waals surface area contributed by atoms with Crippen LogP contribution >= 0.6 is 0 Å². The average molecular weight is 606 g/mol. The molecular formula is C32H36FN5O6. The van der Waals surface area contributed by atoms with E-state index < -0.39 is 52.9 Å². The maximum absolute atomic E-state index is 15.1. The predicted molar refractivity (Wildman–Crippen MR) is 159 cm³/mol. The molecule has 3 aliphatic rings. The zero-order chi connectivity index (χ0) is 31.8. The van der Waals surface area contributed by atoms with Crippen LogP contribution in [0.25, 0.3) is 22.3 Å². The number of carbonyl (C=O) groups excluding carboxylic acids is 3. The third kappa shape index (κ3) is 4.34. The normalized spacial score (nSPS) is 21.3. The van der Waals surface area contributed by atoms with E-state index in [-0.39, 0.29) is 36.6 Å². The molecule has 2 amide bonds. The number of aliphatic hydroxyl groups is 1. The lowest BCUT2D eigenvalue weighted by Gasteiger charge is -2.31. The summed E-state index contributed by atoms with van der Waals surface area (Å²) in [6.45, 7) is 8.44. The van der Waals surface area contributed by atoms with E-state index in [1.807, 2.05) is 13.8 Å². The second-order valence-electron chi connectivity index (χ2n) is 12.4. The van der Waals surface area contributed by atoms with Crippen molar-refractivity contribution in [3.63, 3.8) is 0 Å². The van der Waals surface area contributed by atoms with Gasteiger partial charge < -0.3 is 30.8 Å². The smallest absolute Gasteiger partial charge is 0.343 e. The van der Waals surface area contributed by atoms with Crippen LogP contribution in [0.2, 0.25) is 0 Å². The number of amides is 2. The molecule has 0 saturated heterocycles. The van der Waals surface area contributed by atoms with E-state index >= 15 is 4.39 Å². The van der Waals surface area contributed by atoms with Gasteiger partial charge in [-0.2, -0.15) is 0 Å². The minimum atomic E-state index is -1.98. The van der Waals surface area contributed by atoms with Crippen LogP contribution in [-0.4, -0.2) is 44.5 Å². The summed E-state index contributed by atoms with van der Waals surface area (Å²) in [6.07, 6.45) is 0.950. The lowest BCUT2D eigenvalue weighted by molar-refractivity contribution is -0.172. The lowest BCUT2D eigenvalue weighted by atomic mass is 9.81. The number of halogens is 1. The van der Waals surface area contributed by atoms with Crippen molar-refractivity contribution in [1.29, 1.82) is 0 Å². The van der Waals surface area contributed by atoms with Crippen molar-refractivity contribution < 1.29 is 28.6 Å². The number of benzene rings is 1. The van der Waals surface area contributed by atoms with Gasteiger partial charge in [-0.05, 0) is 61.8 Å². The fourth-order valence-electron chi connectivity index (χ4n) is 6.67. The number of nitrogens with two attached hydrogens (primary N) is 1. The topological polar surface area (TPSA) is 166 Å².